The molecule has 3 fully saturated rings. The van der Waals surface area contributed by atoms with Gasteiger partial charge in [-0.25, -0.2) is 9.59 Å². The summed E-state index contributed by atoms with van der Waals surface area (Å²) in [4.78, 5) is 24.3. The molecule has 1 heterocycles. The van der Waals surface area contributed by atoms with Crippen LogP contribution in [0.2, 0.25) is 0 Å². The lowest BCUT2D eigenvalue weighted by Gasteiger charge is -2.41. The maximum absolute atomic E-state index is 12.3. The summed E-state index contributed by atoms with van der Waals surface area (Å²) in [5.41, 5.74) is 0.212. The van der Waals surface area contributed by atoms with Gasteiger partial charge in [0, 0.05) is 41.2 Å². The Morgan fingerprint density at radius 1 is 1.35 bits per heavy atom. The largest absolute Gasteiger partial charge is 0.458 e. The minimum absolute atomic E-state index is 0.146. The molecule has 0 bridgehead atoms. The number of esters is 2. The fraction of sp³-hybridized carbons (Fsp3) is 0.619. The van der Waals surface area contributed by atoms with Crippen LogP contribution in [-0.4, -0.2) is 34.9 Å². The van der Waals surface area contributed by atoms with Gasteiger partial charge in [-0.05, 0) is 27.2 Å². The van der Waals surface area contributed by atoms with E-state index in [9.17, 15) is 14.7 Å². The zero-order valence-corrected chi connectivity index (χ0v) is 16.0. The van der Waals surface area contributed by atoms with Crippen molar-refractivity contribution < 1.29 is 24.2 Å². The molecule has 0 radical (unpaired) electrons. The third-order valence-corrected chi connectivity index (χ3v) is 6.86. The molecule has 6 atom stereocenters. The lowest BCUT2D eigenvalue weighted by Crippen LogP contribution is -2.44. The van der Waals surface area contributed by atoms with Crippen LogP contribution in [0.15, 0.2) is 36.0 Å². The van der Waals surface area contributed by atoms with Crippen LogP contribution in [0.1, 0.15) is 47.0 Å². The summed E-state index contributed by atoms with van der Waals surface area (Å²) < 4.78 is 11.3. The van der Waals surface area contributed by atoms with Crippen molar-refractivity contribution in [3.05, 3.63) is 36.0 Å². The van der Waals surface area contributed by atoms with Crippen molar-refractivity contribution in [2.75, 3.05) is 0 Å². The molecule has 26 heavy (non-hydrogen) atoms. The van der Waals surface area contributed by atoms with E-state index in [4.69, 9.17) is 9.47 Å². The minimum atomic E-state index is -1.06. The number of hydrogen-bond acceptors (Lipinski definition) is 5. The Hall–Kier alpha value is -1.88. The van der Waals surface area contributed by atoms with Gasteiger partial charge in [0.15, 0.2) is 0 Å². The molecule has 0 aromatic carbocycles. The molecular weight excluding hydrogens is 332 g/mol. The molecule has 5 nitrogen and oxygen atoms in total. The van der Waals surface area contributed by atoms with Gasteiger partial charge >= 0.3 is 11.9 Å². The molecule has 3 rings (SSSR count). The van der Waals surface area contributed by atoms with E-state index in [2.05, 4.69) is 13.2 Å². The lowest BCUT2D eigenvalue weighted by atomic mass is 9.65. The van der Waals surface area contributed by atoms with Crippen molar-refractivity contribution in [2.45, 2.75) is 64.8 Å². The maximum atomic E-state index is 12.3. The molecule has 0 unspecified atom stereocenters. The van der Waals surface area contributed by atoms with Crippen molar-refractivity contribution in [3.8, 4) is 0 Å². The average Bonchev–Trinajstić information content (AvgIpc) is 2.85. The number of carbonyl (C=O) groups is 2. The van der Waals surface area contributed by atoms with Crippen molar-refractivity contribution >= 4 is 11.9 Å². The molecule has 0 spiro atoms. The standard InChI is InChI=1S/C21H28O5/c1-7-11(2)18(22)26-16-10-21(6,24)20(5)9-14-13(4)19(23)25-15(14)8-12(3)17(16)20/h7,14-17,24H,3-4,8-10H2,1-2,5-6H3/t14-,15-,16+,17+,20-,21-/m1/s1. The van der Waals surface area contributed by atoms with E-state index in [1.54, 1.807) is 26.8 Å². The average molecular weight is 360 g/mol. The molecule has 0 aromatic heterocycles. The van der Waals surface area contributed by atoms with Gasteiger partial charge in [0.1, 0.15) is 12.2 Å². The second kappa shape index (κ2) is 6.08. The van der Waals surface area contributed by atoms with Gasteiger partial charge < -0.3 is 14.6 Å². The molecule has 142 valence electrons. The van der Waals surface area contributed by atoms with Crippen LogP contribution in [0.5, 0.6) is 0 Å². The Morgan fingerprint density at radius 3 is 2.62 bits per heavy atom. The first-order valence-corrected chi connectivity index (χ1v) is 9.15. The number of aliphatic hydroxyl groups is 1. The van der Waals surface area contributed by atoms with Crippen molar-refractivity contribution in [1.82, 2.24) is 0 Å². The highest BCUT2D eigenvalue weighted by atomic mass is 16.6. The number of rotatable bonds is 2. The Balaban J connectivity index is 1.97. The number of ether oxygens (including phenoxy) is 2. The molecule has 1 saturated heterocycles. The van der Waals surface area contributed by atoms with E-state index in [0.29, 0.717) is 30.4 Å². The SMILES string of the molecule is C=C1C(=O)O[C@@H]2CC(=C)[C@H]3[C@@H](OC(=O)C(C)=CC)C[C@@](C)(O)[C@]3(C)C[C@H]12. The molecule has 1 aliphatic heterocycles. The Bertz CT molecular complexity index is 716. The van der Waals surface area contributed by atoms with Crippen LogP contribution < -0.4 is 0 Å². The predicted octanol–water partition coefficient (Wildman–Crippen LogP) is 3.09. The molecule has 1 N–H and O–H groups in total. The summed E-state index contributed by atoms with van der Waals surface area (Å²) in [6, 6.07) is 0. The molecule has 2 saturated carbocycles. The summed E-state index contributed by atoms with van der Waals surface area (Å²) in [6.45, 7) is 15.4. The van der Waals surface area contributed by atoms with Crippen LogP contribution in [0.3, 0.4) is 0 Å². The lowest BCUT2D eigenvalue weighted by molar-refractivity contribution is -0.146. The van der Waals surface area contributed by atoms with E-state index in [-0.39, 0.29) is 29.9 Å². The summed E-state index contributed by atoms with van der Waals surface area (Å²) in [5.74, 6) is -1.07. The molecule has 2 aliphatic carbocycles. The highest BCUT2D eigenvalue weighted by Crippen LogP contribution is 2.61. The topological polar surface area (TPSA) is 72.8 Å². The molecule has 5 heteroatoms. The zero-order valence-electron chi connectivity index (χ0n) is 16.0. The molecule has 0 aromatic rings. The second-order valence-corrected chi connectivity index (χ2v) is 8.43. The van der Waals surface area contributed by atoms with Gasteiger partial charge in [0.05, 0.1) is 5.60 Å². The monoisotopic (exact) mass is 360 g/mol. The van der Waals surface area contributed by atoms with E-state index < -0.39 is 17.1 Å². The molecule has 0 amide bonds. The highest BCUT2D eigenvalue weighted by Gasteiger charge is 2.64. The normalized spacial score (nSPS) is 42.8. The number of allylic oxidation sites excluding steroid dienone is 1. The van der Waals surface area contributed by atoms with Gasteiger partial charge in [-0.2, -0.15) is 0 Å². The van der Waals surface area contributed by atoms with Crippen LogP contribution in [0, 0.1) is 17.3 Å². The second-order valence-electron chi connectivity index (χ2n) is 8.43. The smallest absolute Gasteiger partial charge is 0.334 e. The first-order valence-electron chi connectivity index (χ1n) is 9.15. The van der Waals surface area contributed by atoms with Crippen molar-refractivity contribution in [3.63, 3.8) is 0 Å². The maximum Gasteiger partial charge on any atom is 0.334 e. The Morgan fingerprint density at radius 2 is 2.00 bits per heavy atom. The number of fused-ring (bicyclic) bond motifs is 2. The third-order valence-electron chi connectivity index (χ3n) is 6.86. The van der Waals surface area contributed by atoms with E-state index in [1.807, 2.05) is 6.92 Å². The van der Waals surface area contributed by atoms with Gasteiger partial charge in [-0.15, -0.1) is 0 Å². The van der Waals surface area contributed by atoms with Crippen LogP contribution in [0.4, 0.5) is 0 Å². The molecule has 3 aliphatic rings. The fourth-order valence-electron chi connectivity index (χ4n) is 4.96. The van der Waals surface area contributed by atoms with E-state index in [1.165, 1.54) is 0 Å². The summed E-state index contributed by atoms with van der Waals surface area (Å²) in [5, 5.41) is 11.2. The fourth-order valence-corrected chi connectivity index (χ4v) is 4.96. The van der Waals surface area contributed by atoms with Crippen LogP contribution in [-0.2, 0) is 19.1 Å². The minimum Gasteiger partial charge on any atom is -0.458 e. The Kier molecular flexibility index (Phi) is 4.42. The summed E-state index contributed by atoms with van der Waals surface area (Å²) >= 11 is 0. The van der Waals surface area contributed by atoms with Crippen LogP contribution >= 0.6 is 0 Å². The first kappa shape index (κ1) is 18.9. The van der Waals surface area contributed by atoms with Crippen molar-refractivity contribution in [1.29, 1.82) is 0 Å². The summed E-state index contributed by atoms with van der Waals surface area (Å²) in [6.07, 6.45) is 2.36. The number of carbonyl (C=O) groups excluding carboxylic acids is 2. The van der Waals surface area contributed by atoms with Gasteiger partial charge in [0.2, 0.25) is 0 Å². The zero-order chi connectivity index (χ0) is 19.4. The van der Waals surface area contributed by atoms with Gasteiger partial charge in [-0.3, -0.25) is 0 Å². The highest BCUT2D eigenvalue weighted by molar-refractivity contribution is 5.91. The van der Waals surface area contributed by atoms with Gasteiger partial charge in [0.25, 0.3) is 0 Å². The van der Waals surface area contributed by atoms with E-state index in [0.717, 1.165) is 5.57 Å². The van der Waals surface area contributed by atoms with E-state index >= 15 is 0 Å². The van der Waals surface area contributed by atoms with Crippen LogP contribution in [0.25, 0.3) is 0 Å². The Labute approximate surface area is 154 Å². The molecular formula is C21H28O5. The number of hydrogen-bond donors (Lipinski definition) is 1. The van der Waals surface area contributed by atoms with Gasteiger partial charge in [-0.1, -0.05) is 31.7 Å². The van der Waals surface area contributed by atoms with Crippen molar-refractivity contribution in [2.24, 2.45) is 17.3 Å². The third kappa shape index (κ3) is 2.64. The summed E-state index contributed by atoms with van der Waals surface area (Å²) in [7, 11) is 0. The predicted molar refractivity (Wildman–Crippen MR) is 97.0 cm³/mol. The first-order chi connectivity index (χ1) is 12.0. The quantitative estimate of drug-likeness (QED) is 0.465.